The van der Waals surface area contributed by atoms with Crippen LogP contribution < -0.4 is 41.5 Å². The quantitative estimate of drug-likeness (QED) is 0.119. The van der Waals surface area contributed by atoms with Gasteiger partial charge in [-0.2, -0.15) is 0 Å². The largest absolute Gasteiger partial charge is 2.00 e. The number of benzene rings is 2. The maximum atomic E-state index is 14.5. The van der Waals surface area contributed by atoms with Crippen molar-refractivity contribution < 1.29 is 78.5 Å². The molecule has 20 nitrogen and oxygen atoms in total. The molecule has 0 atom stereocenters. The number of aromatic nitrogens is 4. The van der Waals surface area contributed by atoms with Crippen LogP contribution in [-0.4, -0.2) is 105 Å². The number of hydrogen-bond acceptors (Lipinski definition) is 12. The van der Waals surface area contributed by atoms with Gasteiger partial charge in [-0.25, -0.2) is 8.78 Å². The number of hydrogen-bond donors (Lipinski definition) is 2. The molecule has 0 aliphatic carbocycles. The van der Waals surface area contributed by atoms with Gasteiger partial charge in [0, 0.05) is 101 Å². The minimum atomic E-state index is -1.55. The number of anilines is 2. The summed E-state index contributed by atoms with van der Waals surface area (Å²) in [6.07, 6.45) is 6.06. The van der Waals surface area contributed by atoms with Gasteiger partial charge in [-0.1, -0.05) is 12.1 Å². The number of aromatic carboxylic acids is 2. The zero-order chi connectivity index (χ0) is 41.3. The molecule has 2 aliphatic heterocycles. The average Bonchev–Trinajstić information content (AvgIpc) is 3.25. The number of nitrogens with zero attached hydrogens (tertiary/aromatic N) is 6. The molecule has 0 bridgehead atoms. The SMILES string of the molecule is CCn1cc(C(=O)[O-])c(=O)c2cc(F)c(N3CCNCC3)cc21.CCn1cc(C(=O)[O-])c(=O)c2cc(F)c(N3CCNCC3)cc21.O.O.O.O.[Mn+2].[OH3+].[OH3+].c1ccc(-c2ccccn2)nc1. The van der Waals surface area contributed by atoms with Crippen molar-refractivity contribution in [2.45, 2.75) is 26.9 Å². The fraction of sp³-hybridized carbons (Fsp3) is 0.286. The summed E-state index contributed by atoms with van der Waals surface area (Å²) in [6, 6.07) is 17.1. The van der Waals surface area contributed by atoms with Crippen LogP contribution in [0.15, 0.2) is 95.0 Å². The van der Waals surface area contributed by atoms with Gasteiger partial charge < -0.3 is 82.2 Å². The Morgan fingerprint density at radius 2 is 0.954 bits per heavy atom. The van der Waals surface area contributed by atoms with Crippen LogP contribution in [0, 0.1) is 11.6 Å². The van der Waals surface area contributed by atoms with E-state index in [1.807, 2.05) is 60.0 Å². The van der Waals surface area contributed by atoms with Gasteiger partial charge in [0.15, 0.2) is 10.9 Å². The van der Waals surface area contributed by atoms with E-state index in [1.54, 1.807) is 33.7 Å². The number of nitrogens with one attached hydrogen (secondary N) is 2. The summed E-state index contributed by atoms with van der Waals surface area (Å²) >= 11 is 0. The molecule has 0 amide bonds. The van der Waals surface area contributed by atoms with Crippen molar-refractivity contribution in [3.8, 4) is 11.4 Å². The fourth-order valence-electron chi connectivity index (χ4n) is 6.94. The number of carboxylic acid groups (broad SMARTS) is 2. The third-order valence-electron chi connectivity index (χ3n) is 9.93. The number of aryl methyl sites for hydroxylation is 2. The number of carbonyl (C=O) groups excluding carboxylic acids is 2. The summed E-state index contributed by atoms with van der Waals surface area (Å²) in [5, 5.41) is 28.7. The topological polar surface area (TPSA) is 373 Å². The Bertz CT molecular complexity index is 2390. The van der Waals surface area contributed by atoms with E-state index in [2.05, 4.69) is 20.6 Å². The second-order valence-corrected chi connectivity index (χ2v) is 13.4. The minimum Gasteiger partial charge on any atom is -0.545 e. The summed E-state index contributed by atoms with van der Waals surface area (Å²) in [5.41, 5.74) is 1.42. The van der Waals surface area contributed by atoms with E-state index in [1.165, 1.54) is 12.4 Å². The molecule has 4 aromatic heterocycles. The Labute approximate surface area is 381 Å². The third-order valence-corrected chi connectivity index (χ3v) is 9.93. The number of carbonyl (C=O) groups is 2. The van der Waals surface area contributed by atoms with E-state index in [0.29, 0.717) is 61.7 Å². The van der Waals surface area contributed by atoms with Crippen molar-refractivity contribution in [2.75, 3.05) is 62.2 Å². The van der Waals surface area contributed by atoms with E-state index < -0.39 is 45.6 Å². The van der Waals surface area contributed by atoms with E-state index in [4.69, 9.17) is 0 Å². The molecule has 8 rings (SSSR count). The summed E-state index contributed by atoms with van der Waals surface area (Å²) in [5.74, 6) is -4.14. The molecule has 2 aromatic carbocycles. The van der Waals surface area contributed by atoms with Crippen molar-refractivity contribution in [2.24, 2.45) is 0 Å². The first-order valence-electron chi connectivity index (χ1n) is 18.9. The first-order valence-corrected chi connectivity index (χ1v) is 18.9. The molecule has 2 aliphatic rings. The van der Waals surface area contributed by atoms with Crippen LogP contribution in [0.25, 0.3) is 33.2 Å². The zero-order valence-electron chi connectivity index (χ0n) is 35.6. The molecular formula is C42H56F2MnN8O12+2. The minimum absolute atomic E-state index is 0. The molecule has 355 valence electrons. The summed E-state index contributed by atoms with van der Waals surface area (Å²) < 4.78 is 32.2. The number of fused-ring (bicyclic) bond motifs is 2. The summed E-state index contributed by atoms with van der Waals surface area (Å²) in [7, 11) is 0. The predicted octanol–water partition coefficient (Wildman–Crippen LogP) is -3.13. The van der Waals surface area contributed by atoms with Gasteiger partial charge in [0.1, 0.15) is 11.6 Å². The normalized spacial score (nSPS) is 12.5. The fourth-order valence-corrected chi connectivity index (χ4v) is 6.94. The van der Waals surface area contributed by atoms with Crippen LogP contribution in [0.1, 0.15) is 34.6 Å². The van der Waals surface area contributed by atoms with Gasteiger partial charge in [0.05, 0.1) is 56.9 Å². The van der Waals surface area contributed by atoms with Crippen LogP contribution in [0.2, 0.25) is 0 Å². The van der Waals surface area contributed by atoms with E-state index >= 15 is 0 Å². The van der Waals surface area contributed by atoms with Gasteiger partial charge in [0.2, 0.25) is 0 Å². The number of rotatable bonds is 7. The summed E-state index contributed by atoms with van der Waals surface area (Å²) in [4.78, 5) is 58.9. The molecule has 65 heavy (non-hydrogen) atoms. The Kier molecular flexibility index (Phi) is 26.1. The van der Waals surface area contributed by atoms with Gasteiger partial charge in [0.25, 0.3) is 0 Å². The second kappa shape index (κ2) is 27.8. The van der Waals surface area contributed by atoms with E-state index in [-0.39, 0.29) is 60.7 Å². The summed E-state index contributed by atoms with van der Waals surface area (Å²) in [6.45, 7) is 10.4. The standard InChI is InChI=1S/2C16H18FN3O3.C10H8N2.Mn.6H2O/c2*1-2-19-9-11(16(22)23)15(21)10-7-12(17)14(8-13(10)19)20-5-3-18-4-6-20;1-3-7-11-9(5-1)10-6-2-4-8-12-10;;;;;;;/h2*7-9,18H,2-6H2,1H3,(H,22,23);1-8H;;6*1H2/q;;;+2;;;;;;. The molecule has 6 heterocycles. The van der Waals surface area contributed by atoms with Gasteiger partial charge in [-0.15, -0.1) is 0 Å². The Balaban J connectivity index is 0. The molecule has 2 fully saturated rings. The average molecular weight is 958 g/mol. The van der Waals surface area contributed by atoms with Crippen molar-refractivity contribution in [3.05, 3.63) is 129 Å². The van der Waals surface area contributed by atoms with Gasteiger partial charge in [-0.05, 0) is 62.4 Å². The molecule has 6 aromatic rings. The molecule has 23 heteroatoms. The van der Waals surface area contributed by atoms with Crippen LogP contribution in [-0.2, 0) is 41.1 Å². The van der Waals surface area contributed by atoms with Crippen molar-refractivity contribution >= 4 is 45.1 Å². The first kappa shape index (κ1) is 60.8. The van der Waals surface area contributed by atoms with Crippen molar-refractivity contribution in [1.82, 2.24) is 29.7 Å². The molecule has 1 radical (unpaired) electrons. The number of halogens is 2. The maximum absolute atomic E-state index is 14.5. The molecule has 0 saturated carbocycles. The van der Waals surface area contributed by atoms with E-state index in [0.717, 1.165) is 49.7 Å². The third kappa shape index (κ3) is 13.9. The smallest absolute Gasteiger partial charge is 0.545 e. The second-order valence-electron chi connectivity index (χ2n) is 13.4. The van der Waals surface area contributed by atoms with Gasteiger partial charge >= 0.3 is 17.1 Å². The Hall–Kier alpha value is -6.24. The van der Waals surface area contributed by atoms with Crippen LogP contribution in [0.3, 0.4) is 0 Å². The molecule has 0 spiro atoms. The zero-order valence-corrected chi connectivity index (χ0v) is 36.8. The van der Waals surface area contributed by atoms with Crippen LogP contribution >= 0.6 is 0 Å². The number of piperazine rings is 2. The van der Waals surface area contributed by atoms with Crippen LogP contribution in [0.4, 0.5) is 20.2 Å². The van der Waals surface area contributed by atoms with Crippen molar-refractivity contribution in [1.29, 1.82) is 0 Å². The molecule has 2 saturated heterocycles. The first-order chi connectivity index (χ1) is 28.0. The van der Waals surface area contributed by atoms with E-state index in [9.17, 15) is 38.2 Å². The van der Waals surface area contributed by atoms with Crippen LogP contribution in [0.5, 0.6) is 0 Å². The predicted molar refractivity (Wildman–Crippen MR) is 238 cm³/mol. The molecular weight excluding hydrogens is 901 g/mol. The monoisotopic (exact) mass is 957 g/mol. The van der Waals surface area contributed by atoms with Gasteiger partial charge in [-0.3, -0.25) is 19.6 Å². The maximum Gasteiger partial charge on any atom is 2.00 e. The molecule has 0 unspecified atom stereocenters. The Morgan fingerprint density at radius 1 is 0.615 bits per heavy atom. The number of carboxylic acids is 2. The molecule has 16 N–H and O–H groups in total. The van der Waals surface area contributed by atoms with Crippen molar-refractivity contribution in [3.63, 3.8) is 0 Å². The Morgan fingerprint density at radius 3 is 1.23 bits per heavy atom. The number of pyridine rings is 4.